The molecule has 1 rings (SSSR count). The smallest absolute Gasteiger partial charge is 0.220 e. The molecule has 3 heteroatoms. The van der Waals surface area contributed by atoms with Crippen molar-refractivity contribution in [2.24, 2.45) is 0 Å². The monoisotopic (exact) mass is 247 g/mol. The SMILES string of the molecule is C=CC(CC(=O)NCCC(C)O)c1ccccc1. The molecule has 98 valence electrons. The molecule has 2 N–H and O–H groups in total. The quantitative estimate of drug-likeness (QED) is 0.726. The van der Waals surface area contributed by atoms with Crippen molar-refractivity contribution in [3.8, 4) is 0 Å². The van der Waals surface area contributed by atoms with Crippen LogP contribution < -0.4 is 5.32 Å². The normalized spacial score (nSPS) is 13.7. The second kappa shape index (κ2) is 7.67. The summed E-state index contributed by atoms with van der Waals surface area (Å²) in [4.78, 5) is 11.7. The second-order valence-electron chi connectivity index (χ2n) is 4.44. The summed E-state index contributed by atoms with van der Waals surface area (Å²) in [5.74, 6) is 0.0298. The molecule has 2 unspecified atom stereocenters. The number of benzene rings is 1. The van der Waals surface area contributed by atoms with E-state index in [2.05, 4.69) is 11.9 Å². The van der Waals surface area contributed by atoms with E-state index >= 15 is 0 Å². The van der Waals surface area contributed by atoms with Gasteiger partial charge in [-0.3, -0.25) is 4.79 Å². The zero-order valence-electron chi connectivity index (χ0n) is 10.8. The van der Waals surface area contributed by atoms with Gasteiger partial charge in [-0.05, 0) is 18.9 Å². The Kier molecular flexibility index (Phi) is 6.15. The molecule has 0 aliphatic heterocycles. The van der Waals surface area contributed by atoms with Crippen molar-refractivity contribution in [3.63, 3.8) is 0 Å². The molecule has 0 aromatic heterocycles. The van der Waals surface area contributed by atoms with Crippen molar-refractivity contribution in [2.45, 2.75) is 31.8 Å². The zero-order chi connectivity index (χ0) is 13.4. The summed E-state index contributed by atoms with van der Waals surface area (Å²) in [5, 5.41) is 11.9. The number of hydrogen-bond donors (Lipinski definition) is 2. The first-order valence-electron chi connectivity index (χ1n) is 6.25. The van der Waals surface area contributed by atoms with Crippen LogP contribution in [-0.2, 0) is 4.79 Å². The van der Waals surface area contributed by atoms with Gasteiger partial charge in [-0.25, -0.2) is 0 Å². The largest absolute Gasteiger partial charge is 0.393 e. The Hall–Kier alpha value is -1.61. The molecule has 0 bridgehead atoms. The molecule has 18 heavy (non-hydrogen) atoms. The Labute approximate surface area is 109 Å². The standard InChI is InChI=1S/C15H21NO2/c1-3-13(14-7-5-4-6-8-14)11-15(18)16-10-9-12(2)17/h3-8,12-13,17H,1,9-11H2,2H3,(H,16,18). The molecule has 1 aromatic rings. The van der Waals surface area contributed by atoms with Gasteiger partial charge < -0.3 is 10.4 Å². The third-order valence-electron chi connectivity index (χ3n) is 2.80. The first kappa shape index (κ1) is 14.5. The topological polar surface area (TPSA) is 49.3 Å². The van der Waals surface area contributed by atoms with E-state index in [-0.39, 0.29) is 17.9 Å². The molecule has 0 saturated carbocycles. The van der Waals surface area contributed by atoms with Gasteiger partial charge in [0.2, 0.25) is 5.91 Å². The molecular formula is C15H21NO2. The Bertz CT molecular complexity index is 373. The summed E-state index contributed by atoms with van der Waals surface area (Å²) in [6, 6.07) is 9.85. The highest BCUT2D eigenvalue weighted by molar-refractivity contribution is 5.77. The molecule has 0 fully saturated rings. The summed E-state index contributed by atoms with van der Waals surface area (Å²) < 4.78 is 0. The molecule has 0 radical (unpaired) electrons. The molecule has 0 aliphatic carbocycles. The predicted octanol–water partition coefficient (Wildman–Crippen LogP) is 2.23. The Morgan fingerprint density at radius 3 is 2.67 bits per heavy atom. The summed E-state index contributed by atoms with van der Waals surface area (Å²) in [6.45, 7) is 6.00. The molecule has 0 aliphatic rings. The van der Waals surface area contributed by atoms with Gasteiger partial charge in [-0.2, -0.15) is 0 Å². The highest BCUT2D eigenvalue weighted by atomic mass is 16.3. The number of rotatable bonds is 7. The van der Waals surface area contributed by atoms with Gasteiger partial charge in [0.25, 0.3) is 0 Å². The van der Waals surface area contributed by atoms with Gasteiger partial charge in [0.05, 0.1) is 6.10 Å². The predicted molar refractivity (Wildman–Crippen MR) is 73.3 cm³/mol. The van der Waals surface area contributed by atoms with Crippen LogP contribution in [0, 0.1) is 0 Å². The van der Waals surface area contributed by atoms with Crippen LogP contribution in [0.15, 0.2) is 43.0 Å². The van der Waals surface area contributed by atoms with Gasteiger partial charge in [0, 0.05) is 18.9 Å². The maximum atomic E-state index is 11.7. The summed E-state index contributed by atoms with van der Waals surface area (Å²) >= 11 is 0. The second-order valence-corrected chi connectivity index (χ2v) is 4.44. The number of carbonyl (C=O) groups is 1. The number of hydrogen-bond acceptors (Lipinski definition) is 2. The number of amides is 1. The van der Waals surface area contributed by atoms with Crippen LogP contribution in [0.3, 0.4) is 0 Å². The highest BCUT2D eigenvalue weighted by Gasteiger charge is 2.12. The minimum Gasteiger partial charge on any atom is -0.393 e. The van der Waals surface area contributed by atoms with Crippen molar-refractivity contribution >= 4 is 5.91 Å². The van der Waals surface area contributed by atoms with Crippen molar-refractivity contribution in [1.82, 2.24) is 5.32 Å². The first-order valence-corrected chi connectivity index (χ1v) is 6.25. The van der Waals surface area contributed by atoms with Crippen molar-refractivity contribution < 1.29 is 9.90 Å². The lowest BCUT2D eigenvalue weighted by Gasteiger charge is -2.13. The van der Waals surface area contributed by atoms with Gasteiger partial charge >= 0.3 is 0 Å². The van der Waals surface area contributed by atoms with Crippen LogP contribution in [0.4, 0.5) is 0 Å². The minimum absolute atomic E-state index is 0.00981. The van der Waals surface area contributed by atoms with E-state index in [4.69, 9.17) is 5.11 Å². The third-order valence-corrected chi connectivity index (χ3v) is 2.80. The molecule has 0 spiro atoms. The Balaban J connectivity index is 2.44. The van der Waals surface area contributed by atoms with E-state index in [9.17, 15) is 4.79 Å². The van der Waals surface area contributed by atoms with Crippen LogP contribution in [0.1, 0.15) is 31.2 Å². The molecule has 0 saturated heterocycles. The molecular weight excluding hydrogens is 226 g/mol. The fourth-order valence-electron chi connectivity index (χ4n) is 1.73. The minimum atomic E-state index is -0.380. The lowest BCUT2D eigenvalue weighted by molar-refractivity contribution is -0.121. The fraction of sp³-hybridized carbons (Fsp3) is 0.400. The molecule has 0 heterocycles. The fourth-order valence-corrected chi connectivity index (χ4v) is 1.73. The van der Waals surface area contributed by atoms with Gasteiger partial charge in [0.1, 0.15) is 0 Å². The molecule has 1 aromatic carbocycles. The van der Waals surface area contributed by atoms with E-state index in [0.717, 1.165) is 5.56 Å². The highest BCUT2D eigenvalue weighted by Crippen LogP contribution is 2.20. The third kappa shape index (κ3) is 5.15. The summed E-state index contributed by atoms with van der Waals surface area (Å²) in [5.41, 5.74) is 1.10. The summed E-state index contributed by atoms with van der Waals surface area (Å²) in [6.07, 6.45) is 2.39. The number of aliphatic hydroxyl groups is 1. The van der Waals surface area contributed by atoms with Crippen LogP contribution in [0.25, 0.3) is 0 Å². The van der Waals surface area contributed by atoms with Gasteiger partial charge in [-0.1, -0.05) is 36.4 Å². The van der Waals surface area contributed by atoms with Crippen molar-refractivity contribution in [2.75, 3.05) is 6.54 Å². The van der Waals surface area contributed by atoms with E-state index in [1.54, 1.807) is 13.0 Å². The van der Waals surface area contributed by atoms with Gasteiger partial charge in [-0.15, -0.1) is 6.58 Å². The Morgan fingerprint density at radius 1 is 1.44 bits per heavy atom. The maximum absolute atomic E-state index is 11.7. The van der Waals surface area contributed by atoms with Crippen molar-refractivity contribution in [1.29, 1.82) is 0 Å². The van der Waals surface area contributed by atoms with Crippen LogP contribution in [0.5, 0.6) is 0 Å². The number of allylic oxidation sites excluding steroid dienone is 1. The average Bonchev–Trinajstić information content (AvgIpc) is 2.36. The van der Waals surface area contributed by atoms with E-state index in [1.807, 2.05) is 30.3 Å². The summed E-state index contributed by atoms with van der Waals surface area (Å²) in [7, 11) is 0. The maximum Gasteiger partial charge on any atom is 0.220 e. The average molecular weight is 247 g/mol. The number of nitrogens with one attached hydrogen (secondary N) is 1. The van der Waals surface area contributed by atoms with Crippen LogP contribution in [-0.4, -0.2) is 23.7 Å². The lowest BCUT2D eigenvalue weighted by atomic mass is 9.95. The van der Waals surface area contributed by atoms with E-state index in [1.165, 1.54) is 0 Å². The van der Waals surface area contributed by atoms with Crippen LogP contribution in [0.2, 0.25) is 0 Å². The molecule has 2 atom stereocenters. The number of carbonyl (C=O) groups excluding carboxylic acids is 1. The molecule has 1 amide bonds. The lowest BCUT2D eigenvalue weighted by Crippen LogP contribution is -2.27. The van der Waals surface area contributed by atoms with E-state index < -0.39 is 0 Å². The van der Waals surface area contributed by atoms with Gasteiger partial charge in [0.15, 0.2) is 0 Å². The van der Waals surface area contributed by atoms with Crippen molar-refractivity contribution in [3.05, 3.63) is 48.6 Å². The number of aliphatic hydroxyl groups excluding tert-OH is 1. The van der Waals surface area contributed by atoms with Crippen LogP contribution >= 0.6 is 0 Å². The zero-order valence-corrected chi connectivity index (χ0v) is 10.8. The molecule has 3 nitrogen and oxygen atoms in total. The Morgan fingerprint density at radius 2 is 2.11 bits per heavy atom. The van der Waals surface area contributed by atoms with E-state index in [0.29, 0.717) is 19.4 Å². The first-order chi connectivity index (χ1) is 8.63.